The van der Waals surface area contributed by atoms with Crippen molar-refractivity contribution in [3.63, 3.8) is 0 Å². The first kappa shape index (κ1) is 20.5. The second-order valence-electron chi connectivity index (χ2n) is 9.02. The lowest BCUT2D eigenvalue weighted by Gasteiger charge is -2.58. The number of hydrogen-bond donors (Lipinski definition) is 2. The maximum Gasteiger partial charge on any atom is 0.161 e. The Balaban J connectivity index is 1.64. The highest BCUT2D eigenvalue weighted by Crippen LogP contribution is 2.58. The van der Waals surface area contributed by atoms with Crippen LogP contribution in [-0.4, -0.2) is 49.9 Å². The van der Waals surface area contributed by atoms with E-state index in [-0.39, 0.29) is 17.4 Å². The van der Waals surface area contributed by atoms with E-state index < -0.39 is 0 Å². The summed E-state index contributed by atoms with van der Waals surface area (Å²) in [4.78, 5) is 2.46. The number of hydrogen-bond acceptors (Lipinski definition) is 5. The van der Waals surface area contributed by atoms with Gasteiger partial charge in [-0.3, -0.25) is 0 Å². The minimum atomic E-state index is -0.179. The summed E-state index contributed by atoms with van der Waals surface area (Å²) >= 11 is 6.23. The second kappa shape index (κ2) is 7.64. The Morgan fingerprint density at radius 3 is 2.77 bits per heavy atom. The Kier molecular flexibility index (Phi) is 5.06. The standard InChI is InChI=1S/C25H29ClN2O3/c1-28-10-9-25-14-19(27-17-6-4-5-16(26)12-17)22(31-3)13-18(25)20(28)11-15-7-8-21(30-2)24(29)23(15)25/h4-8,12-13,18-20,27,29H,9-11,14H2,1-3H3/t18-,19?,20+,25-/m1/s1. The van der Waals surface area contributed by atoms with Crippen molar-refractivity contribution in [3.05, 3.63) is 64.4 Å². The monoisotopic (exact) mass is 440 g/mol. The lowest BCUT2D eigenvalue weighted by Crippen LogP contribution is -2.61. The Morgan fingerprint density at radius 2 is 2.03 bits per heavy atom. The van der Waals surface area contributed by atoms with Crippen LogP contribution in [-0.2, 0) is 16.6 Å². The summed E-state index contributed by atoms with van der Waals surface area (Å²) in [5.74, 6) is 2.06. The Hall–Kier alpha value is -2.37. The van der Waals surface area contributed by atoms with Gasteiger partial charge in [0.25, 0.3) is 0 Å². The Bertz CT molecular complexity index is 1040. The summed E-state index contributed by atoms with van der Waals surface area (Å²) in [5.41, 5.74) is 3.07. The van der Waals surface area contributed by atoms with Gasteiger partial charge in [-0.2, -0.15) is 0 Å². The van der Waals surface area contributed by atoms with Crippen LogP contribution in [0.15, 0.2) is 48.2 Å². The number of anilines is 1. The molecule has 4 atom stereocenters. The third-order valence-corrected chi connectivity index (χ3v) is 7.80. The number of piperidine rings is 1. The largest absolute Gasteiger partial charge is 0.504 e. The summed E-state index contributed by atoms with van der Waals surface area (Å²) in [6, 6.07) is 12.2. The number of likely N-dealkylation sites (N-methyl/N-ethyl adjacent to an activating group) is 1. The van der Waals surface area contributed by atoms with Gasteiger partial charge in [0, 0.05) is 33.6 Å². The summed E-state index contributed by atoms with van der Waals surface area (Å²) in [6.45, 7) is 0.997. The highest BCUT2D eigenvalue weighted by molar-refractivity contribution is 6.30. The van der Waals surface area contributed by atoms with E-state index in [0.29, 0.717) is 22.6 Å². The maximum atomic E-state index is 11.3. The van der Waals surface area contributed by atoms with E-state index in [9.17, 15) is 5.11 Å². The normalized spacial score (nSPS) is 29.4. The predicted octanol–water partition coefficient (Wildman–Crippen LogP) is 4.58. The molecule has 0 spiro atoms. The van der Waals surface area contributed by atoms with E-state index in [1.165, 1.54) is 5.56 Å². The topological polar surface area (TPSA) is 54.0 Å². The van der Waals surface area contributed by atoms with Crippen molar-refractivity contribution in [2.45, 2.75) is 36.8 Å². The van der Waals surface area contributed by atoms with Crippen molar-refractivity contribution in [1.82, 2.24) is 4.90 Å². The van der Waals surface area contributed by atoms with Gasteiger partial charge in [0.15, 0.2) is 11.5 Å². The van der Waals surface area contributed by atoms with Gasteiger partial charge >= 0.3 is 0 Å². The zero-order valence-electron chi connectivity index (χ0n) is 18.2. The van der Waals surface area contributed by atoms with Crippen LogP contribution >= 0.6 is 11.6 Å². The number of halogens is 1. The molecule has 0 aromatic heterocycles. The van der Waals surface area contributed by atoms with Crippen molar-refractivity contribution in [2.75, 3.05) is 33.1 Å². The van der Waals surface area contributed by atoms with Crippen molar-refractivity contribution in [3.8, 4) is 11.5 Å². The lowest BCUT2D eigenvalue weighted by atomic mass is 9.53. The maximum absolute atomic E-state index is 11.3. The van der Waals surface area contributed by atoms with E-state index in [4.69, 9.17) is 21.1 Å². The predicted molar refractivity (Wildman–Crippen MR) is 123 cm³/mol. The summed E-state index contributed by atoms with van der Waals surface area (Å²) in [5, 5.41) is 15.6. The van der Waals surface area contributed by atoms with Crippen molar-refractivity contribution >= 4 is 17.3 Å². The number of fused-ring (bicyclic) bond motifs is 1. The first-order valence-electron chi connectivity index (χ1n) is 10.8. The summed E-state index contributed by atoms with van der Waals surface area (Å²) in [6.07, 6.45) is 5.02. The fourth-order valence-corrected chi connectivity index (χ4v) is 6.33. The van der Waals surface area contributed by atoms with Crippen LogP contribution in [0.1, 0.15) is 24.0 Å². The van der Waals surface area contributed by atoms with Crippen molar-refractivity contribution < 1.29 is 14.6 Å². The molecule has 2 N–H and O–H groups in total. The zero-order chi connectivity index (χ0) is 21.8. The molecule has 3 aliphatic rings. The molecule has 2 aliphatic carbocycles. The van der Waals surface area contributed by atoms with E-state index in [2.05, 4.69) is 29.4 Å². The first-order valence-corrected chi connectivity index (χ1v) is 11.2. The average molecular weight is 441 g/mol. The van der Waals surface area contributed by atoms with Gasteiger partial charge in [-0.25, -0.2) is 0 Å². The third kappa shape index (κ3) is 3.17. The molecule has 1 unspecified atom stereocenters. The number of nitrogens with zero attached hydrogens (tertiary/aromatic N) is 1. The fraction of sp³-hybridized carbons (Fsp3) is 0.440. The van der Waals surface area contributed by atoms with Gasteiger partial charge in [0.05, 0.1) is 20.3 Å². The van der Waals surface area contributed by atoms with Crippen molar-refractivity contribution in [1.29, 1.82) is 0 Å². The van der Waals surface area contributed by atoms with Crippen molar-refractivity contribution in [2.24, 2.45) is 5.92 Å². The molecule has 31 heavy (non-hydrogen) atoms. The lowest BCUT2D eigenvalue weighted by molar-refractivity contribution is 0.0339. The van der Waals surface area contributed by atoms with Crippen LogP contribution in [0.3, 0.4) is 0 Å². The van der Waals surface area contributed by atoms with Gasteiger partial charge in [0.1, 0.15) is 5.76 Å². The molecule has 6 heteroatoms. The Morgan fingerprint density at radius 1 is 1.19 bits per heavy atom. The van der Waals surface area contributed by atoms with Gasteiger partial charge in [-0.1, -0.05) is 23.7 Å². The molecule has 2 aromatic rings. The molecule has 0 radical (unpaired) electrons. The fourth-order valence-electron chi connectivity index (χ4n) is 6.14. The van der Waals surface area contributed by atoms with E-state index in [0.717, 1.165) is 42.8 Å². The molecule has 2 aromatic carbocycles. The number of aromatic hydroxyl groups is 1. The molecule has 2 bridgehead atoms. The Labute approximate surface area is 188 Å². The number of rotatable bonds is 4. The molecule has 5 nitrogen and oxygen atoms in total. The molecular weight excluding hydrogens is 412 g/mol. The van der Waals surface area contributed by atoms with E-state index >= 15 is 0 Å². The van der Waals surface area contributed by atoms with Crippen LogP contribution in [0.5, 0.6) is 11.5 Å². The van der Waals surface area contributed by atoms with Crippen LogP contribution in [0.25, 0.3) is 0 Å². The minimum Gasteiger partial charge on any atom is -0.504 e. The van der Waals surface area contributed by atoms with Crippen LogP contribution < -0.4 is 10.1 Å². The minimum absolute atomic E-state index is 0.0136. The van der Waals surface area contributed by atoms with Gasteiger partial charge < -0.3 is 24.8 Å². The molecule has 1 heterocycles. The summed E-state index contributed by atoms with van der Waals surface area (Å²) < 4.78 is 11.4. The number of methoxy groups -OCH3 is 2. The third-order valence-electron chi connectivity index (χ3n) is 7.56. The van der Waals surface area contributed by atoms with Gasteiger partial charge in [0.2, 0.25) is 0 Å². The highest BCUT2D eigenvalue weighted by atomic mass is 35.5. The molecule has 5 rings (SSSR count). The average Bonchev–Trinajstić information content (AvgIpc) is 2.75. The molecule has 0 amide bonds. The number of nitrogens with one attached hydrogen (secondary N) is 1. The molecular formula is C25H29ClN2O3. The first-order chi connectivity index (χ1) is 15.0. The van der Waals surface area contributed by atoms with Crippen LogP contribution in [0.2, 0.25) is 5.02 Å². The molecule has 1 aliphatic heterocycles. The molecule has 1 saturated heterocycles. The van der Waals surface area contributed by atoms with Crippen LogP contribution in [0.4, 0.5) is 5.69 Å². The molecule has 164 valence electrons. The number of benzene rings is 2. The second-order valence-corrected chi connectivity index (χ2v) is 9.46. The SMILES string of the molecule is COC1=C[C@@H]2[C@@H]3Cc4ccc(OC)c(O)c4[C@]2(CCN3C)CC1Nc1cccc(Cl)c1. The number of phenols is 1. The zero-order valence-corrected chi connectivity index (χ0v) is 18.9. The molecule has 1 fully saturated rings. The quantitative estimate of drug-likeness (QED) is 0.728. The van der Waals surface area contributed by atoms with E-state index in [1.54, 1.807) is 14.2 Å². The van der Waals surface area contributed by atoms with Gasteiger partial charge in [-0.15, -0.1) is 0 Å². The number of phenolic OH excluding ortho intramolecular Hbond substituents is 1. The van der Waals surface area contributed by atoms with Gasteiger partial charge in [-0.05, 0) is 68.8 Å². The highest BCUT2D eigenvalue weighted by Gasteiger charge is 2.56. The summed E-state index contributed by atoms with van der Waals surface area (Å²) in [7, 11) is 5.57. The molecule has 0 saturated carbocycles. The number of likely N-dealkylation sites (tertiary alicyclic amines) is 1. The van der Waals surface area contributed by atoms with Crippen LogP contribution in [0, 0.1) is 5.92 Å². The number of ether oxygens (including phenoxy) is 2. The van der Waals surface area contributed by atoms with E-state index in [1.807, 2.05) is 30.3 Å². The smallest absolute Gasteiger partial charge is 0.161 e.